The van der Waals surface area contributed by atoms with Crippen LogP contribution < -0.4 is 0 Å². The number of aryl methyl sites for hydroxylation is 2. The van der Waals surface area contributed by atoms with E-state index in [1.165, 1.54) is 0 Å². The zero-order valence-corrected chi connectivity index (χ0v) is 10.6. The Labute approximate surface area is 99.5 Å². The number of benzene rings is 1. The first-order valence-electron chi connectivity index (χ1n) is 5.23. The lowest BCUT2D eigenvalue weighted by Crippen LogP contribution is -2.00. The number of aliphatic hydroxyl groups is 1. The van der Waals surface area contributed by atoms with E-state index in [4.69, 9.17) is 0 Å². The summed E-state index contributed by atoms with van der Waals surface area (Å²) in [7, 11) is 2.00. The molecule has 0 fully saturated rings. The second-order valence-corrected chi connectivity index (χ2v) is 4.85. The zero-order chi connectivity index (χ0) is 11.7. The quantitative estimate of drug-likeness (QED) is 0.888. The first-order chi connectivity index (χ1) is 7.63. The van der Waals surface area contributed by atoms with Crippen LogP contribution in [-0.4, -0.2) is 26.7 Å². The molecule has 2 aromatic rings. The molecule has 0 spiro atoms. The Morgan fingerprint density at radius 2 is 2.25 bits per heavy atom. The summed E-state index contributed by atoms with van der Waals surface area (Å²) in [6, 6.07) is 5.97. The predicted octanol–water partition coefficient (Wildman–Crippen LogP) is 2.28. The van der Waals surface area contributed by atoms with Crippen LogP contribution in [0.3, 0.4) is 0 Å². The van der Waals surface area contributed by atoms with Crippen LogP contribution in [0.2, 0.25) is 0 Å². The van der Waals surface area contributed by atoms with E-state index < -0.39 is 6.10 Å². The maximum Gasteiger partial charge on any atom is 0.106 e. The predicted molar refractivity (Wildman–Crippen MR) is 68.8 cm³/mol. The largest absolute Gasteiger partial charge is 0.388 e. The van der Waals surface area contributed by atoms with Crippen molar-refractivity contribution < 1.29 is 5.11 Å². The van der Waals surface area contributed by atoms with E-state index in [0.717, 1.165) is 28.2 Å². The normalized spacial score (nSPS) is 13.2. The van der Waals surface area contributed by atoms with Gasteiger partial charge in [0.25, 0.3) is 0 Å². The molecule has 4 heteroatoms. The molecule has 0 saturated heterocycles. The van der Waals surface area contributed by atoms with E-state index >= 15 is 0 Å². The number of hydrogen-bond donors (Lipinski definition) is 1. The molecule has 1 aromatic carbocycles. The molecule has 0 aliphatic rings. The zero-order valence-electron chi connectivity index (χ0n) is 9.77. The van der Waals surface area contributed by atoms with Gasteiger partial charge in [0.05, 0.1) is 17.1 Å². The van der Waals surface area contributed by atoms with E-state index in [-0.39, 0.29) is 0 Å². The number of aromatic nitrogens is 2. The highest BCUT2D eigenvalue weighted by Crippen LogP contribution is 2.22. The summed E-state index contributed by atoms with van der Waals surface area (Å²) in [6.07, 6.45) is 1.59. The number of hydrogen-bond acceptors (Lipinski definition) is 3. The first kappa shape index (κ1) is 11.5. The van der Waals surface area contributed by atoms with Crippen LogP contribution in [0.5, 0.6) is 0 Å². The van der Waals surface area contributed by atoms with Gasteiger partial charge in [0.2, 0.25) is 0 Å². The van der Waals surface area contributed by atoms with Gasteiger partial charge in [-0.3, -0.25) is 0 Å². The highest BCUT2D eigenvalue weighted by molar-refractivity contribution is 7.98. The molecule has 1 unspecified atom stereocenters. The minimum absolute atomic E-state index is 0.401. The van der Waals surface area contributed by atoms with Gasteiger partial charge in [-0.15, -0.1) is 0 Å². The second kappa shape index (κ2) is 4.47. The average Bonchev–Trinajstić information content (AvgIpc) is 2.55. The van der Waals surface area contributed by atoms with Crippen molar-refractivity contribution in [3.05, 3.63) is 29.6 Å². The summed E-state index contributed by atoms with van der Waals surface area (Å²) in [5, 5.41) is 9.90. The van der Waals surface area contributed by atoms with Gasteiger partial charge >= 0.3 is 0 Å². The fourth-order valence-electron chi connectivity index (χ4n) is 1.80. The van der Waals surface area contributed by atoms with Crippen molar-refractivity contribution in [3.8, 4) is 0 Å². The molecular weight excluding hydrogens is 220 g/mol. The molecule has 16 heavy (non-hydrogen) atoms. The summed E-state index contributed by atoms with van der Waals surface area (Å²) in [5.74, 6) is 1.71. The van der Waals surface area contributed by atoms with Gasteiger partial charge in [-0.05, 0) is 30.9 Å². The van der Waals surface area contributed by atoms with Crippen molar-refractivity contribution in [1.29, 1.82) is 0 Å². The van der Waals surface area contributed by atoms with Crippen LogP contribution in [-0.2, 0) is 7.05 Å². The standard InChI is InChI=1S/C12H16N2OS/c1-8-13-10-6-9(12(15)7-16-3)4-5-11(10)14(8)2/h4-6,12,15H,7H2,1-3H3. The Morgan fingerprint density at radius 3 is 2.94 bits per heavy atom. The minimum atomic E-state index is -0.401. The Kier molecular flexibility index (Phi) is 3.21. The second-order valence-electron chi connectivity index (χ2n) is 3.94. The number of rotatable bonds is 3. The maximum atomic E-state index is 9.90. The fraction of sp³-hybridized carbons (Fsp3) is 0.417. The van der Waals surface area contributed by atoms with Gasteiger partial charge < -0.3 is 9.67 Å². The smallest absolute Gasteiger partial charge is 0.106 e. The van der Waals surface area contributed by atoms with Crippen molar-refractivity contribution in [1.82, 2.24) is 9.55 Å². The summed E-state index contributed by atoms with van der Waals surface area (Å²) >= 11 is 1.64. The van der Waals surface area contributed by atoms with Gasteiger partial charge in [-0.2, -0.15) is 11.8 Å². The molecule has 0 aliphatic carbocycles. The van der Waals surface area contributed by atoms with Gasteiger partial charge in [0, 0.05) is 12.8 Å². The van der Waals surface area contributed by atoms with Crippen LogP contribution in [0, 0.1) is 6.92 Å². The number of imidazole rings is 1. The van der Waals surface area contributed by atoms with E-state index in [0.29, 0.717) is 0 Å². The van der Waals surface area contributed by atoms with Crippen molar-refractivity contribution in [2.75, 3.05) is 12.0 Å². The molecular formula is C12H16N2OS. The minimum Gasteiger partial charge on any atom is -0.388 e. The van der Waals surface area contributed by atoms with Crippen LogP contribution in [0.25, 0.3) is 11.0 Å². The van der Waals surface area contributed by atoms with Gasteiger partial charge in [0.15, 0.2) is 0 Å². The molecule has 1 heterocycles. The van der Waals surface area contributed by atoms with Crippen LogP contribution in [0.15, 0.2) is 18.2 Å². The van der Waals surface area contributed by atoms with Crippen LogP contribution in [0.1, 0.15) is 17.5 Å². The molecule has 86 valence electrons. The summed E-state index contributed by atoms with van der Waals surface area (Å²) < 4.78 is 2.06. The topological polar surface area (TPSA) is 38.1 Å². The summed E-state index contributed by atoms with van der Waals surface area (Å²) in [5.41, 5.74) is 3.01. The number of fused-ring (bicyclic) bond motifs is 1. The van der Waals surface area contributed by atoms with Gasteiger partial charge in [0.1, 0.15) is 5.82 Å². The number of aliphatic hydroxyl groups excluding tert-OH is 1. The van der Waals surface area contributed by atoms with Crippen LogP contribution in [0.4, 0.5) is 0 Å². The summed E-state index contributed by atoms with van der Waals surface area (Å²) in [4.78, 5) is 4.46. The van der Waals surface area contributed by atoms with E-state index in [2.05, 4.69) is 9.55 Å². The van der Waals surface area contributed by atoms with E-state index in [1.807, 2.05) is 38.4 Å². The molecule has 0 saturated carbocycles. The maximum absolute atomic E-state index is 9.90. The molecule has 1 N–H and O–H groups in total. The molecule has 3 nitrogen and oxygen atoms in total. The monoisotopic (exact) mass is 236 g/mol. The van der Waals surface area contributed by atoms with Crippen molar-refractivity contribution in [2.24, 2.45) is 7.05 Å². The molecule has 1 aromatic heterocycles. The number of thioether (sulfide) groups is 1. The third-order valence-corrected chi connectivity index (χ3v) is 3.49. The SMILES string of the molecule is CSCC(O)c1ccc2c(c1)nc(C)n2C. The molecule has 0 radical (unpaired) electrons. The molecule has 1 atom stereocenters. The molecule has 0 aliphatic heterocycles. The van der Waals surface area contributed by atoms with Gasteiger partial charge in [-0.1, -0.05) is 6.07 Å². The fourth-order valence-corrected chi connectivity index (χ4v) is 2.31. The Bertz CT molecular complexity index is 507. The third-order valence-electron chi connectivity index (χ3n) is 2.84. The van der Waals surface area contributed by atoms with Crippen molar-refractivity contribution in [3.63, 3.8) is 0 Å². The lowest BCUT2D eigenvalue weighted by atomic mass is 10.1. The Hall–Kier alpha value is -1.00. The summed E-state index contributed by atoms with van der Waals surface area (Å²) in [6.45, 7) is 1.98. The number of nitrogens with zero attached hydrogens (tertiary/aromatic N) is 2. The lowest BCUT2D eigenvalue weighted by molar-refractivity contribution is 0.204. The van der Waals surface area contributed by atoms with Crippen LogP contribution >= 0.6 is 11.8 Å². The highest BCUT2D eigenvalue weighted by Gasteiger charge is 2.10. The molecule has 2 rings (SSSR count). The van der Waals surface area contributed by atoms with Crippen molar-refractivity contribution >= 4 is 22.8 Å². The molecule has 0 amide bonds. The highest BCUT2D eigenvalue weighted by atomic mass is 32.2. The van der Waals surface area contributed by atoms with Gasteiger partial charge in [-0.25, -0.2) is 4.98 Å². The van der Waals surface area contributed by atoms with E-state index in [1.54, 1.807) is 11.8 Å². The first-order valence-corrected chi connectivity index (χ1v) is 6.63. The third kappa shape index (κ3) is 1.95. The Morgan fingerprint density at radius 1 is 1.50 bits per heavy atom. The van der Waals surface area contributed by atoms with E-state index in [9.17, 15) is 5.11 Å². The van der Waals surface area contributed by atoms with Crippen molar-refractivity contribution in [2.45, 2.75) is 13.0 Å². The average molecular weight is 236 g/mol. The molecule has 0 bridgehead atoms. The lowest BCUT2D eigenvalue weighted by Gasteiger charge is -2.08. The Balaban J connectivity index is 2.44.